The predicted octanol–water partition coefficient (Wildman–Crippen LogP) is 11.5. The number of esters is 2. The molecule has 70 heavy (non-hydrogen) atoms. The zero-order valence-corrected chi connectivity index (χ0v) is 45.8. The van der Waals surface area contributed by atoms with Gasteiger partial charge in [-0.2, -0.15) is 0 Å². The van der Waals surface area contributed by atoms with Crippen LogP contribution in [0.25, 0.3) is 0 Å². The first-order valence-corrected chi connectivity index (χ1v) is 26.4. The van der Waals surface area contributed by atoms with Crippen LogP contribution < -0.4 is 5.32 Å². The summed E-state index contributed by atoms with van der Waals surface area (Å²) in [6, 6.07) is 0. The van der Waals surface area contributed by atoms with E-state index in [9.17, 15) is 38.4 Å². The minimum Gasteiger partial charge on any atom is -0.481 e. The number of nitrogens with zero attached hydrogens (tertiary/aromatic N) is 2. The highest BCUT2D eigenvalue weighted by atomic mass is 16.6. The van der Waals surface area contributed by atoms with Crippen molar-refractivity contribution >= 4 is 47.6 Å². The minimum atomic E-state index is -1.01. The van der Waals surface area contributed by atoms with E-state index in [0.29, 0.717) is 71.1 Å². The number of carboxylic acids is 1. The molecule has 0 aliphatic heterocycles. The van der Waals surface area contributed by atoms with Crippen molar-refractivity contribution in [1.29, 1.82) is 0 Å². The molecule has 2 N–H and O–H groups in total. The lowest BCUT2D eigenvalue weighted by Crippen LogP contribution is -2.40. The Labute approximate surface area is 422 Å². The molecule has 0 aromatic carbocycles. The fraction of sp³-hybridized carbons (Fsp3) is 0.852. The topological polar surface area (TPSA) is 212 Å². The van der Waals surface area contributed by atoms with Gasteiger partial charge >= 0.3 is 30.1 Å². The number of ether oxygens (including phenoxy) is 4. The maximum Gasteiger partial charge on any atom is 0.410 e. The van der Waals surface area contributed by atoms with Crippen molar-refractivity contribution in [2.45, 2.75) is 260 Å². The lowest BCUT2D eigenvalue weighted by molar-refractivity contribution is -0.161. The summed E-state index contributed by atoms with van der Waals surface area (Å²) in [5, 5.41) is 11.7. The van der Waals surface area contributed by atoms with E-state index < -0.39 is 52.4 Å². The molecule has 0 saturated heterocycles. The van der Waals surface area contributed by atoms with Crippen LogP contribution in [0.15, 0.2) is 0 Å². The summed E-state index contributed by atoms with van der Waals surface area (Å²) in [5.41, 5.74) is -2.61. The van der Waals surface area contributed by atoms with Gasteiger partial charge in [-0.15, -0.1) is 0 Å². The Morgan fingerprint density at radius 2 is 0.814 bits per heavy atom. The van der Waals surface area contributed by atoms with Crippen molar-refractivity contribution in [3.05, 3.63) is 0 Å². The van der Waals surface area contributed by atoms with Crippen LogP contribution in [0.1, 0.15) is 237 Å². The van der Waals surface area contributed by atoms with E-state index in [1.807, 2.05) is 20.8 Å². The van der Waals surface area contributed by atoms with E-state index in [0.717, 1.165) is 57.8 Å². The number of carbonyl (C=O) groups excluding carboxylic acids is 7. The Balaban J connectivity index is 4.97. The fourth-order valence-electron chi connectivity index (χ4n) is 7.37. The molecule has 406 valence electrons. The average Bonchev–Trinajstić information content (AvgIpc) is 3.20. The average molecular weight is 996 g/mol. The van der Waals surface area contributed by atoms with Crippen LogP contribution in [-0.2, 0) is 47.7 Å². The Morgan fingerprint density at radius 3 is 1.26 bits per heavy atom. The molecule has 0 aliphatic carbocycles. The Kier molecular flexibility index (Phi) is 32.9. The predicted molar refractivity (Wildman–Crippen MR) is 272 cm³/mol. The Morgan fingerprint density at radius 1 is 0.429 bits per heavy atom. The van der Waals surface area contributed by atoms with Crippen molar-refractivity contribution in [3.8, 4) is 0 Å². The summed E-state index contributed by atoms with van der Waals surface area (Å²) >= 11 is 0. The van der Waals surface area contributed by atoms with Gasteiger partial charge in [0.05, 0.1) is 12.3 Å². The molecule has 1 atom stereocenters. The van der Waals surface area contributed by atoms with Gasteiger partial charge in [-0.25, -0.2) is 9.59 Å². The Hall–Kier alpha value is -4.24. The van der Waals surface area contributed by atoms with E-state index in [4.69, 9.17) is 24.1 Å². The molecule has 0 saturated carbocycles. The van der Waals surface area contributed by atoms with Gasteiger partial charge in [0.2, 0.25) is 5.91 Å². The number of ketones is 2. The van der Waals surface area contributed by atoms with Crippen LogP contribution in [0, 0.1) is 5.92 Å². The number of rotatable bonds is 37. The first-order chi connectivity index (χ1) is 32.5. The van der Waals surface area contributed by atoms with Crippen LogP contribution in [0.4, 0.5) is 9.59 Å². The highest BCUT2D eigenvalue weighted by Crippen LogP contribution is 2.22. The highest BCUT2D eigenvalue weighted by molar-refractivity contribution is 5.85. The van der Waals surface area contributed by atoms with Crippen LogP contribution in [0.3, 0.4) is 0 Å². The number of hydrogen-bond acceptors (Lipinski definition) is 12. The zero-order valence-electron chi connectivity index (χ0n) is 45.8. The first-order valence-electron chi connectivity index (χ1n) is 26.4. The number of Topliss-reactive ketones (excluding diaryl/α,β-unsaturated/α-hetero) is 2. The number of carbonyl (C=O) groups is 8. The third-order valence-corrected chi connectivity index (χ3v) is 10.8. The minimum absolute atomic E-state index is 0.0119. The molecule has 16 heteroatoms. The van der Waals surface area contributed by atoms with Gasteiger partial charge in [-0.05, 0) is 134 Å². The van der Waals surface area contributed by atoms with Crippen LogP contribution in [0.5, 0.6) is 0 Å². The number of nitrogens with one attached hydrogen (secondary N) is 1. The molecular formula is C54H97N3O13. The van der Waals surface area contributed by atoms with Gasteiger partial charge in [-0.3, -0.25) is 28.8 Å². The molecule has 0 aromatic heterocycles. The lowest BCUT2D eigenvalue weighted by Gasteiger charge is -2.29. The lowest BCUT2D eigenvalue weighted by atomic mass is 9.94. The van der Waals surface area contributed by atoms with Gasteiger partial charge in [0.15, 0.2) is 0 Å². The van der Waals surface area contributed by atoms with E-state index in [2.05, 4.69) is 5.32 Å². The maximum atomic E-state index is 13.2. The summed E-state index contributed by atoms with van der Waals surface area (Å²) < 4.78 is 22.3. The smallest absolute Gasteiger partial charge is 0.410 e. The molecule has 0 fully saturated rings. The van der Waals surface area contributed by atoms with Gasteiger partial charge in [0, 0.05) is 71.2 Å². The van der Waals surface area contributed by atoms with Crippen LogP contribution in [-0.4, -0.2) is 118 Å². The maximum absolute atomic E-state index is 13.2. The highest BCUT2D eigenvalue weighted by Gasteiger charge is 2.28. The first kappa shape index (κ1) is 65.8. The zero-order chi connectivity index (χ0) is 53.4. The number of carboxylic acid groups (broad SMARTS) is 1. The molecular weight excluding hydrogens is 899 g/mol. The molecule has 0 heterocycles. The van der Waals surface area contributed by atoms with Gasteiger partial charge < -0.3 is 39.2 Å². The van der Waals surface area contributed by atoms with Crippen LogP contribution in [0.2, 0.25) is 0 Å². The molecule has 0 radical (unpaired) electrons. The summed E-state index contributed by atoms with van der Waals surface area (Å²) in [6.45, 7) is 23.3. The Bertz CT molecular complexity index is 1570. The molecule has 3 amide bonds. The quantitative estimate of drug-likeness (QED) is 0.0337. The van der Waals surface area contributed by atoms with Crippen molar-refractivity contribution in [1.82, 2.24) is 15.1 Å². The number of aliphatic carboxylic acids is 1. The van der Waals surface area contributed by atoms with Crippen LogP contribution >= 0.6 is 0 Å². The van der Waals surface area contributed by atoms with Crippen molar-refractivity contribution in [2.75, 3.05) is 32.7 Å². The second kappa shape index (κ2) is 35.0. The van der Waals surface area contributed by atoms with Gasteiger partial charge in [0.1, 0.15) is 34.0 Å². The van der Waals surface area contributed by atoms with E-state index >= 15 is 0 Å². The molecule has 0 aliphatic rings. The van der Waals surface area contributed by atoms with E-state index in [1.165, 1.54) is 12.8 Å². The van der Waals surface area contributed by atoms with Crippen molar-refractivity contribution < 1.29 is 62.4 Å². The molecule has 0 spiro atoms. The monoisotopic (exact) mass is 996 g/mol. The summed E-state index contributed by atoms with van der Waals surface area (Å²) in [5.74, 6) is -2.77. The second-order valence-corrected chi connectivity index (χ2v) is 22.7. The van der Waals surface area contributed by atoms with Crippen molar-refractivity contribution in [2.24, 2.45) is 5.92 Å². The molecule has 16 nitrogen and oxygen atoms in total. The molecule has 0 rings (SSSR count). The second-order valence-electron chi connectivity index (χ2n) is 22.7. The summed E-state index contributed by atoms with van der Waals surface area (Å²) in [6.07, 6.45) is 14.3. The number of unbranched alkanes of at least 4 members (excludes halogenated alkanes) is 12. The van der Waals surface area contributed by atoms with Gasteiger partial charge in [0.25, 0.3) is 0 Å². The molecule has 0 bridgehead atoms. The summed E-state index contributed by atoms with van der Waals surface area (Å²) in [7, 11) is 0. The van der Waals surface area contributed by atoms with Crippen molar-refractivity contribution in [3.63, 3.8) is 0 Å². The standard InChI is InChI=1S/C54H97N3O13/c1-51(2,3)67-47(63)31-23-21-19-17-15-13-14-16-18-20-22-30-44(59)41-42(48(64)68-52(4,5)6)32-34-45(60)55-36-28-40-57(50(66)70-54(10,11)12)39-27-26-38-56(49(65)69-53(7,8)9)37-25-24-29-43(58)33-35-46(61)62/h42H,13-41H2,1-12H3,(H,55,60)(H,61,62)/t42-/m1/s1. The number of amides is 3. The third-order valence-electron chi connectivity index (χ3n) is 10.8. The molecule has 0 unspecified atom stereocenters. The SMILES string of the molecule is CC(C)(C)OC(=O)CCCCCCCCCCCCCC(=O)C[C@@H](CCC(=O)NCCCN(CCCCN(CCCCC(=O)CCC(=O)O)C(=O)OC(C)(C)C)C(=O)OC(C)(C)C)C(=O)OC(C)(C)C. The number of hydrogen-bond donors (Lipinski definition) is 2. The van der Waals surface area contributed by atoms with E-state index in [1.54, 1.807) is 72.1 Å². The van der Waals surface area contributed by atoms with E-state index in [-0.39, 0.29) is 68.5 Å². The third kappa shape index (κ3) is 40.5. The fourth-order valence-corrected chi connectivity index (χ4v) is 7.37. The summed E-state index contributed by atoms with van der Waals surface area (Å²) in [4.78, 5) is 103. The normalized spacial score (nSPS) is 12.4. The van der Waals surface area contributed by atoms with Gasteiger partial charge in [-0.1, -0.05) is 57.8 Å². The molecule has 0 aromatic rings. The largest absolute Gasteiger partial charge is 0.481 e.